The maximum Gasteiger partial charge on any atom is 0.119 e. The average Bonchev–Trinajstić information content (AvgIpc) is 3.38. The summed E-state index contributed by atoms with van der Waals surface area (Å²) >= 11 is 0. The molecule has 0 unspecified atom stereocenters. The standard InChI is InChI=1S/C30H36N4O2/c1-31-17-18-34(2)21-27-20-32-33-30(27)26-15-13-24(14-16-26)19-25(22-35-28-9-5-3-6-10-28)23-36-29-11-7-4-8-12-29/h3-16,20,25,31H,17-19,21-23H2,1-2H3,(H,32,33). The van der Waals surface area contributed by atoms with Crippen molar-refractivity contribution in [2.24, 2.45) is 5.92 Å². The van der Waals surface area contributed by atoms with Crippen molar-refractivity contribution in [2.45, 2.75) is 13.0 Å². The van der Waals surface area contributed by atoms with Crippen LogP contribution in [0.15, 0.2) is 91.1 Å². The predicted octanol–water partition coefficient (Wildman–Crippen LogP) is 5.04. The molecule has 1 aromatic heterocycles. The van der Waals surface area contributed by atoms with E-state index in [1.54, 1.807) is 0 Å². The Bertz CT molecular complexity index is 1100. The molecule has 0 bridgehead atoms. The summed E-state index contributed by atoms with van der Waals surface area (Å²) in [6.07, 6.45) is 2.86. The van der Waals surface area contributed by atoms with E-state index < -0.39 is 0 Å². The van der Waals surface area contributed by atoms with Crippen LogP contribution >= 0.6 is 0 Å². The number of ether oxygens (including phenoxy) is 2. The van der Waals surface area contributed by atoms with Crippen LogP contribution in [0.1, 0.15) is 11.1 Å². The molecule has 0 spiro atoms. The highest BCUT2D eigenvalue weighted by molar-refractivity contribution is 5.62. The first kappa shape index (κ1) is 25.5. The van der Waals surface area contributed by atoms with Gasteiger partial charge in [0.2, 0.25) is 0 Å². The first-order valence-electron chi connectivity index (χ1n) is 12.5. The number of aromatic amines is 1. The van der Waals surface area contributed by atoms with Gasteiger partial charge in [-0.2, -0.15) is 5.10 Å². The molecule has 188 valence electrons. The molecular weight excluding hydrogens is 448 g/mol. The van der Waals surface area contributed by atoms with Crippen LogP contribution in [0.4, 0.5) is 0 Å². The molecule has 36 heavy (non-hydrogen) atoms. The van der Waals surface area contributed by atoms with E-state index in [9.17, 15) is 0 Å². The minimum atomic E-state index is 0.207. The number of para-hydroxylation sites is 2. The third-order valence-corrected chi connectivity index (χ3v) is 6.11. The Balaban J connectivity index is 1.41. The van der Waals surface area contributed by atoms with Gasteiger partial charge in [0.25, 0.3) is 0 Å². The van der Waals surface area contributed by atoms with Crippen LogP contribution < -0.4 is 14.8 Å². The molecule has 0 saturated carbocycles. The number of nitrogens with zero attached hydrogens (tertiary/aromatic N) is 2. The fraction of sp³-hybridized carbons (Fsp3) is 0.300. The van der Waals surface area contributed by atoms with Crippen molar-refractivity contribution >= 4 is 0 Å². The summed E-state index contributed by atoms with van der Waals surface area (Å²) in [5.41, 5.74) is 4.58. The molecular formula is C30H36N4O2. The summed E-state index contributed by atoms with van der Waals surface area (Å²) in [5, 5.41) is 10.8. The number of nitrogens with one attached hydrogen (secondary N) is 2. The summed E-state index contributed by atoms with van der Waals surface area (Å²) in [7, 11) is 4.11. The zero-order chi connectivity index (χ0) is 25.0. The normalized spacial score (nSPS) is 11.2. The van der Waals surface area contributed by atoms with Gasteiger partial charge < -0.3 is 19.7 Å². The summed E-state index contributed by atoms with van der Waals surface area (Å²) in [4.78, 5) is 2.29. The summed E-state index contributed by atoms with van der Waals surface area (Å²) in [6, 6.07) is 28.6. The Morgan fingerprint density at radius 1 is 0.861 bits per heavy atom. The van der Waals surface area contributed by atoms with Crippen LogP contribution in [0.25, 0.3) is 11.3 Å². The van der Waals surface area contributed by atoms with Crippen LogP contribution in [-0.2, 0) is 13.0 Å². The number of benzene rings is 3. The smallest absolute Gasteiger partial charge is 0.119 e. The Kier molecular flexibility index (Phi) is 9.54. The molecule has 6 nitrogen and oxygen atoms in total. The van der Waals surface area contributed by atoms with Crippen LogP contribution in [0.3, 0.4) is 0 Å². The molecule has 6 heteroatoms. The minimum Gasteiger partial charge on any atom is -0.493 e. The van der Waals surface area contributed by atoms with Crippen LogP contribution in [0.5, 0.6) is 11.5 Å². The van der Waals surface area contributed by atoms with Crippen molar-refractivity contribution < 1.29 is 9.47 Å². The van der Waals surface area contributed by atoms with E-state index in [-0.39, 0.29) is 5.92 Å². The highest BCUT2D eigenvalue weighted by Crippen LogP contribution is 2.24. The molecule has 3 aromatic carbocycles. The van der Waals surface area contributed by atoms with Gasteiger partial charge in [-0.05, 0) is 50.3 Å². The first-order valence-corrected chi connectivity index (χ1v) is 12.5. The molecule has 2 N–H and O–H groups in total. The fourth-order valence-electron chi connectivity index (χ4n) is 4.12. The number of aromatic nitrogens is 2. The van der Waals surface area contributed by atoms with Crippen molar-refractivity contribution in [1.82, 2.24) is 20.4 Å². The van der Waals surface area contributed by atoms with Gasteiger partial charge in [-0.25, -0.2) is 0 Å². The Labute approximate surface area is 214 Å². The van der Waals surface area contributed by atoms with E-state index in [0.29, 0.717) is 13.2 Å². The number of hydrogen-bond acceptors (Lipinski definition) is 5. The van der Waals surface area contributed by atoms with Crippen molar-refractivity contribution in [2.75, 3.05) is 40.4 Å². The van der Waals surface area contributed by atoms with Crippen molar-refractivity contribution in [1.29, 1.82) is 0 Å². The van der Waals surface area contributed by atoms with Crippen LogP contribution in [-0.4, -0.2) is 55.5 Å². The van der Waals surface area contributed by atoms with Crippen molar-refractivity contribution in [3.8, 4) is 22.8 Å². The van der Waals surface area contributed by atoms with Crippen LogP contribution in [0, 0.1) is 5.92 Å². The average molecular weight is 485 g/mol. The SMILES string of the molecule is CNCCN(C)Cc1c[nH]nc1-c1ccc(CC(COc2ccccc2)COc2ccccc2)cc1. The highest BCUT2D eigenvalue weighted by atomic mass is 16.5. The lowest BCUT2D eigenvalue weighted by molar-refractivity contribution is 0.176. The predicted molar refractivity (Wildman–Crippen MR) is 145 cm³/mol. The van der Waals surface area contributed by atoms with E-state index in [4.69, 9.17) is 9.47 Å². The third kappa shape index (κ3) is 7.70. The highest BCUT2D eigenvalue weighted by Gasteiger charge is 2.15. The zero-order valence-electron chi connectivity index (χ0n) is 21.2. The second-order valence-electron chi connectivity index (χ2n) is 9.12. The fourth-order valence-corrected chi connectivity index (χ4v) is 4.12. The quantitative estimate of drug-likeness (QED) is 0.262. The molecule has 0 fully saturated rings. The minimum absolute atomic E-state index is 0.207. The second-order valence-corrected chi connectivity index (χ2v) is 9.12. The molecule has 1 heterocycles. The summed E-state index contributed by atoms with van der Waals surface area (Å²) in [6.45, 7) is 3.96. The number of likely N-dealkylation sites (N-methyl/N-ethyl adjacent to an activating group) is 2. The van der Waals surface area contributed by atoms with Gasteiger partial charge >= 0.3 is 0 Å². The summed E-state index contributed by atoms with van der Waals surface area (Å²) in [5.74, 6) is 1.96. The largest absolute Gasteiger partial charge is 0.493 e. The van der Waals surface area contributed by atoms with Gasteiger partial charge in [-0.15, -0.1) is 0 Å². The molecule has 0 aliphatic heterocycles. The van der Waals surface area contributed by atoms with Crippen molar-refractivity contribution in [3.05, 3.63) is 102 Å². The lowest BCUT2D eigenvalue weighted by Gasteiger charge is -2.19. The van der Waals surface area contributed by atoms with Gasteiger partial charge in [0, 0.05) is 42.9 Å². The van der Waals surface area contributed by atoms with Gasteiger partial charge in [0.15, 0.2) is 0 Å². The lowest BCUT2D eigenvalue weighted by atomic mass is 9.98. The van der Waals surface area contributed by atoms with Gasteiger partial charge in [-0.1, -0.05) is 60.7 Å². The molecule has 4 aromatic rings. The monoisotopic (exact) mass is 484 g/mol. The molecule has 0 aliphatic carbocycles. The van der Waals surface area contributed by atoms with Gasteiger partial charge in [-0.3, -0.25) is 5.10 Å². The Hall–Kier alpha value is -3.61. The second kappa shape index (κ2) is 13.5. The number of rotatable bonds is 14. The first-order chi connectivity index (χ1) is 17.7. The van der Waals surface area contributed by atoms with Crippen LogP contribution in [0.2, 0.25) is 0 Å². The van der Waals surface area contributed by atoms with E-state index in [1.165, 1.54) is 11.1 Å². The molecule has 0 radical (unpaired) electrons. The topological polar surface area (TPSA) is 62.4 Å². The zero-order valence-corrected chi connectivity index (χ0v) is 21.2. The molecule has 0 aliphatic rings. The molecule has 4 rings (SSSR count). The van der Waals surface area contributed by atoms with Gasteiger partial charge in [0.1, 0.15) is 11.5 Å². The van der Waals surface area contributed by atoms with E-state index in [2.05, 4.69) is 51.7 Å². The maximum atomic E-state index is 6.09. The van der Waals surface area contributed by atoms with E-state index >= 15 is 0 Å². The van der Waals surface area contributed by atoms with E-state index in [0.717, 1.165) is 48.8 Å². The molecule has 0 amide bonds. The lowest BCUT2D eigenvalue weighted by Crippen LogP contribution is -2.26. The number of hydrogen-bond donors (Lipinski definition) is 2. The Morgan fingerprint density at radius 3 is 2.06 bits per heavy atom. The molecule has 0 atom stereocenters. The Morgan fingerprint density at radius 2 is 1.47 bits per heavy atom. The molecule has 0 saturated heterocycles. The third-order valence-electron chi connectivity index (χ3n) is 6.11. The van der Waals surface area contributed by atoms with Gasteiger partial charge in [0.05, 0.1) is 18.9 Å². The number of H-pyrrole nitrogens is 1. The summed E-state index contributed by atoms with van der Waals surface area (Å²) < 4.78 is 12.2. The van der Waals surface area contributed by atoms with E-state index in [1.807, 2.05) is 73.9 Å². The van der Waals surface area contributed by atoms with Crippen molar-refractivity contribution in [3.63, 3.8) is 0 Å². The maximum absolute atomic E-state index is 6.09.